The Kier molecular flexibility index (Phi) is 9.78. The van der Waals surface area contributed by atoms with E-state index in [2.05, 4.69) is 6.92 Å². The number of unbranched alkanes of at least 4 members (excludes halogenated alkanes) is 7. The van der Waals surface area contributed by atoms with E-state index < -0.39 is 0 Å². The fourth-order valence-corrected chi connectivity index (χ4v) is 2.90. The van der Waals surface area contributed by atoms with Gasteiger partial charge in [-0.05, 0) is 24.1 Å². The lowest BCUT2D eigenvalue weighted by atomic mass is 10.0. The quantitative estimate of drug-likeness (QED) is 0.416. The van der Waals surface area contributed by atoms with Gasteiger partial charge in [-0.25, -0.2) is 0 Å². The fourth-order valence-electron chi connectivity index (χ4n) is 2.42. The van der Waals surface area contributed by atoms with Crippen LogP contribution in [-0.4, -0.2) is 5.78 Å². The topological polar surface area (TPSA) is 17.1 Å². The van der Waals surface area contributed by atoms with Gasteiger partial charge in [-0.1, -0.05) is 81.1 Å². The first-order chi connectivity index (χ1) is 10.1. The first-order valence-corrected chi connectivity index (χ1v) is 8.84. The van der Waals surface area contributed by atoms with Crippen LogP contribution in [0.1, 0.15) is 70.3 Å². The minimum Gasteiger partial charge on any atom is -0.299 e. The Balaban J connectivity index is 2.11. The van der Waals surface area contributed by atoms with Crippen LogP contribution in [0.2, 0.25) is 10.0 Å². The lowest BCUT2D eigenvalue weighted by Gasteiger charge is -2.05. The van der Waals surface area contributed by atoms with Crippen molar-refractivity contribution in [2.45, 2.75) is 71.1 Å². The summed E-state index contributed by atoms with van der Waals surface area (Å²) in [5, 5.41) is 1.20. The summed E-state index contributed by atoms with van der Waals surface area (Å²) in [5.74, 6) is 0.269. The second-order valence-electron chi connectivity index (χ2n) is 5.68. The molecule has 0 aliphatic heterocycles. The van der Waals surface area contributed by atoms with Gasteiger partial charge in [-0.2, -0.15) is 0 Å². The monoisotopic (exact) mass is 328 g/mol. The predicted molar refractivity (Wildman–Crippen MR) is 92.4 cm³/mol. The molecule has 0 spiro atoms. The first kappa shape index (κ1) is 18.5. The molecule has 0 fully saturated rings. The van der Waals surface area contributed by atoms with Gasteiger partial charge < -0.3 is 0 Å². The lowest BCUT2D eigenvalue weighted by Crippen LogP contribution is -2.03. The van der Waals surface area contributed by atoms with E-state index in [-0.39, 0.29) is 5.78 Å². The molecule has 0 amide bonds. The number of ketones is 1. The number of rotatable bonds is 11. The zero-order valence-corrected chi connectivity index (χ0v) is 14.5. The summed E-state index contributed by atoms with van der Waals surface area (Å²) in [7, 11) is 0. The molecule has 1 nitrogen and oxygen atoms in total. The van der Waals surface area contributed by atoms with Gasteiger partial charge in [0.15, 0.2) is 0 Å². The van der Waals surface area contributed by atoms with Crippen molar-refractivity contribution in [3.63, 3.8) is 0 Å². The van der Waals surface area contributed by atoms with Gasteiger partial charge in [0.2, 0.25) is 0 Å². The number of carbonyl (C=O) groups is 1. The number of halogens is 2. The third-order valence-corrected chi connectivity index (χ3v) is 4.30. The summed E-state index contributed by atoms with van der Waals surface area (Å²) in [6.07, 6.45) is 11.1. The van der Waals surface area contributed by atoms with E-state index in [4.69, 9.17) is 23.2 Å². The van der Waals surface area contributed by atoms with Crippen molar-refractivity contribution in [2.24, 2.45) is 0 Å². The summed E-state index contributed by atoms with van der Waals surface area (Å²) >= 11 is 11.9. The van der Waals surface area contributed by atoms with Crippen LogP contribution in [0, 0.1) is 0 Å². The van der Waals surface area contributed by atoms with Crippen molar-refractivity contribution in [3.8, 4) is 0 Å². The van der Waals surface area contributed by atoms with E-state index >= 15 is 0 Å². The average molecular weight is 329 g/mol. The number of Topliss-reactive ketones (excluding diaryl/α,β-unsaturated/α-hetero) is 1. The molecule has 0 N–H and O–H groups in total. The van der Waals surface area contributed by atoms with E-state index in [1.54, 1.807) is 12.1 Å². The highest BCUT2D eigenvalue weighted by Crippen LogP contribution is 2.22. The summed E-state index contributed by atoms with van der Waals surface area (Å²) in [6, 6.07) is 5.32. The summed E-state index contributed by atoms with van der Waals surface area (Å²) < 4.78 is 0. The Bertz CT molecular complexity index is 429. The second kappa shape index (κ2) is 11.1. The molecule has 0 bridgehead atoms. The van der Waals surface area contributed by atoms with Crippen molar-refractivity contribution in [1.82, 2.24) is 0 Å². The minimum atomic E-state index is 0.269. The molecule has 1 aromatic carbocycles. The molecule has 0 radical (unpaired) electrons. The second-order valence-corrected chi connectivity index (χ2v) is 6.52. The summed E-state index contributed by atoms with van der Waals surface area (Å²) in [4.78, 5) is 11.9. The Hall–Kier alpha value is -0.530. The van der Waals surface area contributed by atoms with Gasteiger partial charge in [0.05, 0.1) is 0 Å². The first-order valence-electron chi connectivity index (χ1n) is 8.09. The van der Waals surface area contributed by atoms with Crippen LogP contribution >= 0.6 is 23.2 Å². The van der Waals surface area contributed by atoms with E-state index in [1.807, 2.05) is 6.07 Å². The molecule has 21 heavy (non-hydrogen) atoms. The molecule has 0 saturated heterocycles. The Morgan fingerprint density at radius 2 is 1.57 bits per heavy atom. The SMILES string of the molecule is CCCCCCCCCCC(=O)Cc1ccc(Cl)cc1Cl. The molecular weight excluding hydrogens is 303 g/mol. The largest absolute Gasteiger partial charge is 0.299 e. The van der Waals surface area contributed by atoms with Crippen molar-refractivity contribution < 1.29 is 4.79 Å². The predicted octanol–water partition coefficient (Wildman–Crippen LogP) is 6.64. The van der Waals surface area contributed by atoms with Crippen molar-refractivity contribution in [1.29, 1.82) is 0 Å². The van der Waals surface area contributed by atoms with Crippen molar-refractivity contribution in [2.75, 3.05) is 0 Å². The zero-order valence-electron chi connectivity index (χ0n) is 13.0. The van der Waals surface area contributed by atoms with Crippen molar-refractivity contribution >= 4 is 29.0 Å². The zero-order chi connectivity index (χ0) is 15.5. The van der Waals surface area contributed by atoms with Crippen LogP contribution in [0.15, 0.2) is 18.2 Å². The van der Waals surface area contributed by atoms with E-state index in [0.717, 1.165) is 18.4 Å². The molecule has 0 saturated carbocycles. The number of carbonyl (C=O) groups excluding carboxylic acids is 1. The number of hydrogen-bond acceptors (Lipinski definition) is 1. The highest BCUT2D eigenvalue weighted by atomic mass is 35.5. The van der Waals surface area contributed by atoms with Crippen LogP contribution in [-0.2, 0) is 11.2 Å². The average Bonchev–Trinajstić information content (AvgIpc) is 2.45. The Labute approximate surface area is 139 Å². The molecule has 0 aromatic heterocycles. The smallest absolute Gasteiger partial charge is 0.137 e. The number of benzene rings is 1. The maximum absolute atomic E-state index is 11.9. The third kappa shape index (κ3) is 8.48. The molecule has 0 aliphatic rings. The number of hydrogen-bond donors (Lipinski definition) is 0. The van der Waals surface area contributed by atoms with E-state index in [9.17, 15) is 4.79 Å². The van der Waals surface area contributed by atoms with Crippen molar-refractivity contribution in [3.05, 3.63) is 33.8 Å². The van der Waals surface area contributed by atoms with Gasteiger partial charge >= 0.3 is 0 Å². The lowest BCUT2D eigenvalue weighted by molar-refractivity contribution is -0.118. The summed E-state index contributed by atoms with van der Waals surface area (Å²) in [5.41, 5.74) is 0.880. The van der Waals surface area contributed by atoms with Crippen LogP contribution in [0.25, 0.3) is 0 Å². The molecule has 0 atom stereocenters. The Morgan fingerprint density at radius 1 is 0.952 bits per heavy atom. The molecule has 118 valence electrons. The van der Waals surface area contributed by atoms with Gasteiger partial charge in [0, 0.05) is 22.9 Å². The molecule has 3 heteroatoms. The third-order valence-electron chi connectivity index (χ3n) is 3.71. The van der Waals surface area contributed by atoms with Crippen LogP contribution < -0.4 is 0 Å². The van der Waals surface area contributed by atoms with Gasteiger partial charge in [0.25, 0.3) is 0 Å². The molecule has 0 aliphatic carbocycles. The van der Waals surface area contributed by atoms with Gasteiger partial charge in [0.1, 0.15) is 5.78 Å². The summed E-state index contributed by atoms with van der Waals surface area (Å²) in [6.45, 7) is 2.23. The highest BCUT2D eigenvalue weighted by molar-refractivity contribution is 6.35. The maximum atomic E-state index is 11.9. The van der Waals surface area contributed by atoms with Crippen LogP contribution in [0.5, 0.6) is 0 Å². The molecule has 1 rings (SSSR count). The van der Waals surface area contributed by atoms with E-state index in [1.165, 1.54) is 38.5 Å². The van der Waals surface area contributed by atoms with Crippen LogP contribution in [0.4, 0.5) is 0 Å². The van der Waals surface area contributed by atoms with E-state index in [0.29, 0.717) is 22.9 Å². The molecule has 0 unspecified atom stereocenters. The highest BCUT2D eigenvalue weighted by Gasteiger charge is 2.07. The maximum Gasteiger partial charge on any atom is 0.137 e. The Morgan fingerprint density at radius 3 is 2.19 bits per heavy atom. The normalized spacial score (nSPS) is 10.8. The standard InChI is InChI=1S/C18H26Cl2O/c1-2-3-4-5-6-7-8-9-10-17(21)13-15-11-12-16(19)14-18(15)20/h11-12,14H,2-10,13H2,1H3. The molecular formula is C18H26Cl2O. The molecule has 1 aromatic rings. The minimum absolute atomic E-state index is 0.269. The fraction of sp³-hybridized carbons (Fsp3) is 0.611. The van der Waals surface area contributed by atoms with Gasteiger partial charge in [-0.3, -0.25) is 4.79 Å². The van der Waals surface area contributed by atoms with Gasteiger partial charge in [-0.15, -0.1) is 0 Å². The molecule has 0 heterocycles. The van der Waals surface area contributed by atoms with Crippen LogP contribution in [0.3, 0.4) is 0 Å².